The Labute approximate surface area is 46.3 Å². The van der Waals surface area contributed by atoms with Gasteiger partial charge >= 0.3 is 0 Å². The molecule has 0 aliphatic heterocycles. The number of carbonyl (C=O) groups is 1. The van der Waals surface area contributed by atoms with E-state index in [9.17, 15) is 4.79 Å². The highest BCUT2D eigenvalue weighted by molar-refractivity contribution is 7.85. The molecule has 0 aliphatic carbocycles. The van der Waals surface area contributed by atoms with Crippen molar-refractivity contribution in [2.75, 3.05) is 0 Å². The molecule has 0 amide bonds. The highest BCUT2D eigenvalue weighted by Gasteiger charge is 1.99. The lowest BCUT2D eigenvalue weighted by Crippen LogP contribution is -2.21. The average Bonchev–Trinajstić information content (AvgIpc) is 1.65. The molecule has 0 fully saturated rings. The van der Waals surface area contributed by atoms with Gasteiger partial charge in [0.25, 0.3) is 0 Å². The normalized spacial score (nSPS) is 14.0. The smallest absolute Gasteiger partial charge is 0.201 e. The summed E-state index contributed by atoms with van der Waals surface area (Å²) in [6, 6.07) is -0.334. The van der Waals surface area contributed by atoms with Crippen LogP contribution < -0.4 is 5.73 Å². The van der Waals surface area contributed by atoms with Crippen LogP contribution in [0, 0.1) is 0 Å². The molecule has 0 aromatic carbocycles. The van der Waals surface area contributed by atoms with Crippen molar-refractivity contribution in [1.29, 1.82) is 0 Å². The van der Waals surface area contributed by atoms with Crippen LogP contribution in [-0.4, -0.2) is 11.6 Å². The van der Waals surface area contributed by atoms with E-state index in [0.29, 0.717) is 7.87 Å². The Bertz CT molecular complexity index is 90.9. The fourth-order valence-electron chi connectivity index (χ4n) is 0.102. The maximum atomic E-state index is 10.3. The van der Waals surface area contributed by atoms with Gasteiger partial charge in [-0.15, -0.1) is 0 Å². The van der Waals surface area contributed by atoms with Gasteiger partial charge in [0, 0.05) is 0 Å². The van der Waals surface area contributed by atoms with Gasteiger partial charge in [-0.05, 0) is 14.8 Å². The minimum atomic E-state index is -0.334. The number of hydrogen-bond acceptors (Lipinski definition) is 2. The number of hydrogen-bond donors (Lipinski definition) is 1. The summed E-state index contributed by atoms with van der Waals surface area (Å²) in [7, 11) is 3.57. The van der Waals surface area contributed by atoms with Crippen molar-refractivity contribution in [2.24, 2.45) is 5.73 Å². The van der Waals surface area contributed by atoms with Crippen LogP contribution in [0.4, 0.5) is 0 Å². The van der Waals surface area contributed by atoms with Crippen LogP contribution in [0.3, 0.4) is 0 Å². The van der Waals surface area contributed by atoms with Crippen LogP contribution in [-0.2, 0) is 4.79 Å². The minimum Gasteiger partial charge on any atom is -0.321 e. The Morgan fingerprint density at radius 3 is 2.43 bits per heavy atom. The summed E-state index contributed by atoms with van der Waals surface area (Å²) in [6.07, 6.45) is 0. The van der Waals surface area contributed by atoms with Crippen LogP contribution in [0.5, 0.6) is 0 Å². The number of rotatable bonds is 2. The molecule has 0 aromatic rings. The third-order valence-electron chi connectivity index (χ3n) is 0.500. The van der Waals surface area contributed by atoms with Crippen LogP contribution in [0.25, 0.3) is 0 Å². The van der Waals surface area contributed by atoms with Gasteiger partial charge < -0.3 is 5.73 Å². The van der Waals surface area contributed by atoms with Crippen molar-refractivity contribution in [3.8, 4) is 0 Å². The summed E-state index contributed by atoms with van der Waals surface area (Å²) >= 11 is 0. The molecule has 0 saturated heterocycles. The average molecular weight is 135 g/mol. The van der Waals surface area contributed by atoms with E-state index in [1.807, 2.05) is 0 Å². The van der Waals surface area contributed by atoms with Crippen molar-refractivity contribution < 1.29 is 4.79 Å². The molecule has 4 heteroatoms. The highest BCUT2D eigenvalue weighted by Crippen LogP contribution is 2.03. The Hall–Kier alpha value is 0.230. The quantitative estimate of drug-likeness (QED) is 0.570. The molecule has 40 valence electrons. The maximum absolute atomic E-state index is 10.3. The van der Waals surface area contributed by atoms with Crippen LogP contribution in [0.1, 0.15) is 6.92 Å². The van der Waals surface area contributed by atoms with Gasteiger partial charge in [-0.3, -0.25) is 4.79 Å². The molecule has 7 heavy (non-hydrogen) atoms. The summed E-state index contributed by atoms with van der Waals surface area (Å²) in [5.74, 6) is 0. The summed E-state index contributed by atoms with van der Waals surface area (Å²) < 4.78 is 0. The lowest BCUT2D eigenvalue weighted by Gasteiger charge is -1.92. The monoisotopic (exact) mass is 135 g/mol. The molecule has 0 aliphatic rings. The van der Waals surface area contributed by atoms with E-state index in [2.05, 4.69) is 8.53 Å². The first-order valence-corrected chi connectivity index (χ1v) is 4.09. The zero-order chi connectivity index (χ0) is 5.86. The molecule has 0 aromatic heterocycles. The molecule has 0 heterocycles. The van der Waals surface area contributed by atoms with Gasteiger partial charge in [-0.25, -0.2) is 0 Å². The van der Waals surface area contributed by atoms with E-state index in [-0.39, 0.29) is 11.6 Å². The summed E-state index contributed by atoms with van der Waals surface area (Å²) in [5.41, 5.74) is 5.17. The standard InChI is InChI=1S/C3H7NOP2/c1-2(4)3(5)7-6/h2,6H,4H2,1H3/t2-/m0/s1. The highest BCUT2D eigenvalue weighted by atomic mass is 31.7. The summed E-state index contributed by atoms with van der Waals surface area (Å²) in [4.78, 5) is 10.3. The van der Waals surface area contributed by atoms with Crippen molar-refractivity contribution in [3.63, 3.8) is 0 Å². The Morgan fingerprint density at radius 2 is 2.43 bits per heavy atom. The van der Waals surface area contributed by atoms with E-state index >= 15 is 0 Å². The first kappa shape index (κ1) is 7.23. The first-order chi connectivity index (χ1) is 3.18. The Balaban J connectivity index is 3.56. The number of nitrogens with two attached hydrogens (primary N) is 1. The van der Waals surface area contributed by atoms with Gasteiger partial charge in [0.15, 0.2) is 0 Å². The van der Waals surface area contributed by atoms with E-state index < -0.39 is 0 Å². The fraction of sp³-hybridized carbons (Fsp3) is 0.667. The maximum Gasteiger partial charge on any atom is 0.201 e. The third-order valence-corrected chi connectivity index (χ3v) is 1.79. The molecule has 0 rings (SSSR count). The first-order valence-electron chi connectivity index (χ1n) is 1.85. The van der Waals surface area contributed by atoms with Crippen molar-refractivity contribution >= 4 is 21.9 Å². The summed E-state index contributed by atoms with van der Waals surface area (Å²) in [6.45, 7) is 1.66. The molecular formula is C3H7NOP2. The minimum absolute atomic E-state index is 0.0108. The molecule has 2 N–H and O–H groups in total. The Morgan fingerprint density at radius 1 is 2.00 bits per heavy atom. The second-order valence-corrected chi connectivity index (χ2v) is 2.57. The predicted molar refractivity (Wildman–Crippen MR) is 33.9 cm³/mol. The van der Waals surface area contributed by atoms with Gasteiger partial charge in [-0.2, -0.15) is 0 Å². The zero-order valence-corrected chi connectivity index (χ0v) is 5.90. The summed E-state index contributed by atoms with van der Waals surface area (Å²) in [5, 5.41) is 0. The predicted octanol–water partition coefficient (Wildman–Crippen LogP) is 0.864. The van der Waals surface area contributed by atoms with Gasteiger partial charge in [0.2, 0.25) is 5.52 Å². The molecule has 0 bridgehead atoms. The molecule has 2 nitrogen and oxygen atoms in total. The van der Waals surface area contributed by atoms with Gasteiger partial charge in [0.1, 0.15) is 0 Å². The van der Waals surface area contributed by atoms with Crippen molar-refractivity contribution in [3.05, 3.63) is 0 Å². The van der Waals surface area contributed by atoms with E-state index in [1.54, 1.807) is 6.92 Å². The van der Waals surface area contributed by atoms with Crippen molar-refractivity contribution in [2.45, 2.75) is 13.0 Å². The molecular weight excluding hydrogens is 128 g/mol. The largest absolute Gasteiger partial charge is 0.321 e. The second kappa shape index (κ2) is 3.26. The van der Waals surface area contributed by atoms with Gasteiger partial charge in [0.05, 0.1) is 6.04 Å². The number of carbonyl (C=O) groups excluding carboxylic acids is 1. The second-order valence-electron chi connectivity index (χ2n) is 1.24. The lowest BCUT2D eigenvalue weighted by atomic mass is 10.4. The zero-order valence-electron chi connectivity index (χ0n) is 4.01. The molecule has 0 radical (unpaired) electrons. The third kappa shape index (κ3) is 2.87. The van der Waals surface area contributed by atoms with Crippen LogP contribution >= 0.6 is 16.4 Å². The fourth-order valence-corrected chi connectivity index (χ4v) is 0.916. The van der Waals surface area contributed by atoms with Crippen LogP contribution in [0.2, 0.25) is 0 Å². The SMILES string of the molecule is C[C@H](N)C(=O)P=P. The molecule has 0 spiro atoms. The van der Waals surface area contributed by atoms with E-state index in [4.69, 9.17) is 5.73 Å². The van der Waals surface area contributed by atoms with Crippen LogP contribution in [0.15, 0.2) is 0 Å². The molecule has 1 atom stereocenters. The van der Waals surface area contributed by atoms with Crippen molar-refractivity contribution in [1.82, 2.24) is 0 Å². The molecule has 0 unspecified atom stereocenters. The Kier molecular flexibility index (Phi) is 3.37. The molecule has 0 saturated carbocycles. The van der Waals surface area contributed by atoms with E-state index in [1.165, 1.54) is 0 Å². The topological polar surface area (TPSA) is 43.1 Å². The van der Waals surface area contributed by atoms with Gasteiger partial charge in [-0.1, -0.05) is 8.53 Å². The van der Waals surface area contributed by atoms with E-state index in [0.717, 1.165) is 0 Å². The lowest BCUT2D eigenvalue weighted by molar-refractivity contribution is -0.111.